The van der Waals surface area contributed by atoms with Gasteiger partial charge in [-0.3, -0.25) is 0 Å². The fourth-order valence-electron chi connectivity index (χ4n) is 0.878. The lowest BCUT2D eigenvalue weighted by molar-refractivity contribution is -0.131. The molecule has 11 heavy (non-hydrogen) atoms. The van der Waals surface area contributed by atoms with E-state index in [2.05, 4.69) is 0 Å². The zero-order chi connectivity index (χ0) is 8.27. The maximum Gasteiger partial charge on any atom is 0.328 e. The van der Waals surface area contributed by atoms with Crippen molar-refractivity contribution in [3.8, 4) is 6.07 Å². The predicted octanol–water partition coefficient (Wildman–Crippen LogP) is 1.24. The molecular weight excluding hydrogens is 142 g/mol. The Morgan fingerprint density at radius 1 is 1.64 bits per heavy atom. The highest BCUT2D eigenvalue weighted by Gasteiger charge is 2.13. The van der Waals surface area contributed by atoms with Gasteiger partial charge in [0.05, 0.1) is 6.07 Å². The zero-order valence-corrected chi connectivity index (χ0v) is 5.87. The largest absolute Gasteiger partial charge is 0.478 e. The quantitative estimate of drug-likeness (QED) is 0.601. The van der Waals surface area contributed by atoms with Crippen molar-refractivity contribution in [2.75, 3.05) is 0 Å². The molecule has 0 spiro atoms. The van der Waals surface area contributed by atoms with Crippen molar-refractivity contribution in [2.24, 2.45) is 0 Å². The number of hydrogen-bond acceptors (Lipinski definition) is 2. The van der Waals surface area contributed by atoms with Crippen molar-refractivity contribution in [3.63, 3.8) is 0 Å². The summed E-state index contributed by atoms with van der Waals surface area (Å²) in [6.45, 7) is 0. The molecule has 0 fully saturated rings. The minimum absolute atomic E-state index is 0.711. The molecule has 0 heterocycles. The van der Waals surface area contributed by atoms with E-state index in [0.29, 0.717) is 5.57 Å². The van der Waals surface area contributed by atoms with Crippen LogP contribution in [-0.4, -0.2) is 11.1 Å². The van der Waals surface area contributed by atoms with Gasteiger partial charge in [0.25, 0.3) is 0 Å². The van der Waals surface area contributed by atoms with Crippen LogP contribution >= 0.6 is 0 Å². The average Bonchev–Trinajstić information content (AvgIpc) is 1.86. The Labute approximate surface area is 64.3 Å². The summed E-state index contributed by atoms with van der Waals surface area (Å²) < 4.78 is 0. The van der Waals surface area contributed by atoms with Crippen LogP contribution in [0.25, 0.3) is 0 Å². The summed E-state index contributed by atoms with van der Waals surface area (Å²) in [7, 11) is 0. The number of allylic oxidation sites excluding steroid dienone is 3. The van der Waals surface area contributed by atoms with Gasteiger partial charge >= 0.3 is 5.97 Å². The number of aliphatic carboxylic acids is 1. The summed E-state index contributed by atoms with van der Waals surface area (Å²) in [5, 5.41) is 16.7. The molecular formula is C8H7NO2. The van der Waals surface area contributed by atoms with Crippen molar-refractivity contribution >= 4 is 5.97 Å². The van der Waals surface area contributed by atoms with E-state index in [4.69, 9.17) is 10.4 Å². The van der Waals surface area contributed by atoms with E-state index in [-0.39, 0.29) is 0 Å². The molecule has 0 atom stereocenters. The first-order valence-electron chi connectivity index (χ1n) is 3.27. The van der Waals surface area contributed by atoms with E-state index in [1.807, 2.05) is 6.07 Å². The van der Waals surface area contributed by atoms with E-state index in [9.17, 15) is 4.79 Å². The molecule has 3 nitrogen and oxygen atoms in total. The minimum Gasteiger partial charge on any atom is -0.478 e. The molecule has 0 saturated heterocycles. The van der Waals surface area contributed by atoms with E-state index in [0.717, 1.165) is 24.5 Å². The van der Waals surface area contributed by atoms with Crippen molar-refractivity contribution in [1.29, 1.82) is 5.26 Å². The van der Waals surface area contributed by atoms with Crippen molar-refractivity contribution < 1.29 is 9.90 Å². The molecule has 1 aliphatic carbocycles. The lowest BCUT2D eigenvalue weighted by Crippen LogP contribution is -2.00. The normalized spacial score (nSPS) is 16.3. The van der Waals surface area contributed by atoms with Gasteiger partial charge < -0.3 is 5.11 Å². The molecule has 0 saturated carbocycles. The van der Waals surface area contributed by atoms with Crippen LogP contribution in [0.4, 0.5) is 0 Å². The van der Waals surface area contributed by atoms with Gasteiger partial charge in [0.1, 0.15) is 0 Å². The van der Waals surface area contributed by atoms with Gasteiger partial charge in [0.15, 0.2) is 0 Å². The van der Waals surface area contributed by atoms with Crippen LogP contribution in [0.5, 0.6) is 0 Å². The van der Waals surface area contributed by atoms with Crippen molar-refractivity contribution in [2.45, 2.75) is 12.8 Å². The molecule has 0 radical (unpaired) electrons. The van der Waals surface area contributed by atoms with Crippen LogP contribution in [0.1, 0.15) is 12.8 Å². The molecule has 56 valence electrons. The van der Waals surface area contributed by atoms with Crippen molar-refractivity contribution in [1.82, 2.24) is 0 Å². The summed E-state index contributed by atoms with van der Waals surface area (Å²) in [6.07, 6.45) is 4.17. The number of rotatable bonds is 2. The van der Waals surface area contributed by atoms with E-state index in [1.165, 1.54) is 6.08 Å². The Morgan fingerprint density at radius 3 is 2.73 bits per heavy atom. The SMILES string of the molecule is N#CC1=C(C=CC(=O)O)CC1. The van der Waals surface area contributed by atoms with Crippen LogP contribution in [0, 0.1) is 11.3 Å². The third-order valence-electron chi connectivity index (χ3n) is 1.59. The number of nitrogens with zero attached hydrogens (tertiary/aromatic N) is 1. The number of nitriles is 1. The van der Waals surface area contributed by atoms with Gasteiger partial charge in [-0.25, -0.2) is 4.79 Å². The molecule has 0 aromatic rings. The minimum atomic E-state index is -0.971. The highest BCUT2D eigenvalue weighted by molar-refractivity contribution is 5.80. The third-order valence-corrected chi connectivity index (χ3v) is 1.59. The van der Waals surface area contributed by atoms with Gasteiger partial charge in [-0.15, -0.1) is 0 Å². The average molecular weight is 149 g/mol. The number of carbonyl (C=O) groups is 1. The summed E-state index contributed by atoms with van der Waals surface area (Å²) in [4.78, 5) is 10.0. The molecule has 1 rings (SSSR count). The second-order valence-electron chi connectivity index (χ2n) is 2.29. The summed E-state index contributed by atoms with van der Waals surface area (Å²) >= 11 is 0. The van der Waals surface area contributed by atoms with Crippen LogP contribution in [0.3, 0.4) is 0 Å². The Kier molecular flexibility index (Phi) is 2.07. The molecule has 0 aliphatic heterocycles. The summed E-state index contributed by atoms with van der Waals surface area (Å²) in [6, 6.07) is 2.01. The smallest absolute Gasteiger partial charge is 0.328 e. The summed E-state index contributed by atoms with van der Waals surface area (Å²) in [5.41, 5.74) is 1.57. The third kappa shape index (κ3) is 1.68. The molecule has 0 aromatic carbocycles. The lowest BCUT2D eigenvalue weighted by atomic mass is 9.89. The highest BCUT2D eigenvalue weighted by atomic mass is 16.4. The summed E-state index contributed by atoms with van der Waals surface area (Å²) in [5.74, 6) is -0.971. The second-order valence-corrected chi connectivity index (χ2v) is 2.29. The first-order valence-corrected chi connectivity index (χ1v) is 3.27. The molecule has 3 heteroatoms. The molecule has 1 aliphatic rings. The molecule has 0 bridgehead atoms. The predicted molar refractivity (Wildman–Crippen MR) is 38.6 cm³/mol. The van der Waals surface area contributed by atoms with E-state index in [1.54, 1.807) is 0 Å². The molecule has 1 N–H and O–H groups in total. The zero-order valence-electron chi connectivity index (χ0n) is 5.87. The van der Waals surface area contributed by atoms with Gasteiger partial charge in [0.2, 0.25) is 0 Å². The van der Waals surface area contributed by atoms with E-state index >= 15 is 0 Å². The fraction of sp³-hybridized carbons (Fsp3) is 0.250. The van der Waals surface area contributed by atoms with Gasteiger partial charge in [-0.2, -0.15) is 5.26 Å². The Balaban J connectivity index is 2.66. The van der Waals surface area contributed by atoms with Gasteiger partial charge in [0, 0.05) is 11.6 Å². The monoisotopic (exact) mass is 149 g/mol. The second kappa shape index (κ2) is 3.02. The Hall–Kier alpha value is -1.56. The highest BCUT2D eigenvalue weighted by Crippen LogP contribution is 2.27. The van der Waals surface area contributed by atoms with E-state index < -0.39 is 5.97 Å². The Bertz CT molecular complexity index is 281. The first-order chi connectivity index (χ1) is 5.24. The number of hydrogen-bond donors (Lipinski definition) is 1. The van der Waals surface area contributed by atoms with Crippen LogP contribution in [0.15, 0.2) is 23.3 Å². The Morgan fingerprint density at radius 2 is 2.36 bits per heavy atom. The van der Waals surface area contributed by atoms with Crippen molar-refractivity contribution in [3.05, 3.63) is 23.3 Å². The first kappa shape index (κ1) is 7.55. The number of carboxylic acid groups (broad SMARTS) is 1. The van der Waals surface area contributed by atoms with Crippen LogP contribution in [0.2, 0.25) is 0 Å². The molecule has 0 amide bonds. The maximum atomic E-state index is 10.0. The van der Waals surface area contributed by atoms with Crippen LogP contribution in [-0.2, 0) is 4.79 Å². The molecule has 0 unspecified atom stereocenters. The fourth-order valence-corrected chi connectivity index (χ4v) is 0.878. The van der Waals surface area contributed by atoms with Crippen LogP contribution < -0.4 is 0 Å². The topological polar surface area (TPSA) is 61.1 Å². The van der Waals surface area contributed by atoms with Gasteiger partial charge in [-0.05, 0) is 18.4 Å². The standard InChI is InChI=1S/C8H7NO2/c9-5-7-2-1-6(7)3-4-8(10)11/h3-4H,1-2H2,(H,10,11). The molecule has 0 aromatic heterocycles. The number of carboxylic acids is 1. The maximum absolute atomic E-state index is 10.0. The lowest BCUT2D eigenvalue weighted by Gasteiger charge is -2.13. The van der Waals surface area contributed by atoms with Gasteiger partial charge in [-0.1, -0.05) is 6.08 Å².